The summed E-state index contributed by atoms with van der Waals surface area (Å²) in [6, 6.07) is 0. The second kappa shape index (κ2) is 61.4. The topological polar surface area (TPSA) is 78.9 Å². The number of hydrogen-bond donors (Lipinski definition) is 0. The average molecular weight is 1010 g/mol. The first-order valence-electron chi connectivity index (χ1n) is 32.3. The Labute approximate surface area is 449 Å². The van der Waals surface area contributed by atoms with E-state index >= 15 is 0 Å². The van der Waals surface area contributed by atoms with Crippen LogP contribution in [0.25, 0.3) is 0 Å². The second-order valence-corrected chi connectivity index (χ2v) is 22.0. The molecule has 72 heavy (non-hydrogen) atoms. The largest absolute Gasteiger partial charge is 0.462 e. The number of carbonyl (C=O) groups excluding carboxylic acids is 3. The van der Waals surface area contributed by atoms with Gasteiger partial charge in [-0.2, -0.15) is 0 Å². The number of hydrogen-bond acceptors (Lipinski definition) is 6. The molecule has 6 nitrogen and oxygen atoms in total. The van der Waals surface area contributed by atoms with Gasteiger partial charge in [-0.3, -0.25) is 14.4 Å². The van der Waals surface area contributed by atoms with Crippen molar-refractivity contribution < 1.29 is 28.6 Å². The zero-order valence-electron chi connectivity index (χ0n) is 48.7. The van der Waals surface area contributed by atoms with E-state index in [9.17, 15) is 14.4 Å². The van der Waals surface area contributed by atoms with Gasteiger partial charge in [0.1, 0.15) is 13.2 Å². The van der Waals surface area contributed by atoms with E-state index in [4.69, 9.17) is 14.2 Å². The van der Waals surface area contributed by atoms with Gasteiger partial charge in [-0.25, -0.2) is 0 Å². The molecule has 0 rings (SSSR count). The lowest BCUT2D eigenvalue weighted by Gasteiger charge is -2.18. The maximum atomic E-state index is 12.8. The number of ether oxygens (including phenoxy) is 3. The molecular formula is C66H124O6. The lowest BCUT2D eigenvalue weighted by Crippen LogP contribution is -2.30. The summed E-state index contributed by atoms with van der Waals surface area (Å²) in [5.74, 6) is -0.857. The summed E-state index contributed by atoms with van der Waals surface area (Å²) in [7, 11) is 0. The molecule has 6 heteroatoms. The van der Waals surface area contributed by atoms with Crippen molar-refractivity contribution in [1.29, 1.82) is 0 Å². The van der Waals surface area contributed by atoms with E-state index < -0.39 is 6.10 Å². The van der Waals surface area contributed by atoms with Gasteiger partial charge >= 0.3 is 17.9 Å². The molecule has 0 aliphatic heterocycles. The first-order valence-corrected chi connectivity index (χ1v) is 32.3. The Hall–Kier alpha value is -2.11. The summed E-state index contributed by atoms with van der Waals surface area (Å²) in [5.41, 5.74) is 0. The van der Waals surface area contributed by atoms with Crippen molar-refractivity contribution in [2.24, 2.45) is 0 Å². The minimum absolute atomic E-state index is 0.0681. The van der Waals surface area contributed by atoms with Crippen molar-refractivity contribution in [2.75, 3.05) is 13.2 Å². The second-order valence-electron chi connectivity index (χ2n) is 22.0. The molecular weight excluding hydrogens is 889 g/mol. The quantitative estimate of drug-likeness (QED) is 0.0261. The molecule has 0 radical (unpaired) electrons. The van der Waals surface area contributed by atoms with Crippen LogP contribution >= 0.6 is 0 Å². The van der Waals surface area contributed by atoms with Crippen LogP contribution in [0.15, 0.2) is 24.3 Å². The molecule has 0 aromatic rings. The maximum Gasteiger partial charge on any atom is 0.306 e. The zero-order valence-corrected chi connectivity index (χ0v) is 48.7. The molecule has 0 aliphatic carbocycles. The van der Waals surface area contributed by atoms with Gasteiger partial charge in [0.2, 0.25) is 0 Å². The van der Waals surface area contributed by atoms with Gasteiger partial charge in [-0.05, 0) is 70.6 Å². The lowest BCUT2D eigenvalue weighted by atomic mass is 10.0. The maximum absolute atomic E-state index is 12.8. The highest BCUT2D eigenvalue weighted by molar-refractivity contribution is 5.71. The molecule has 1 unspecified atom stereocenters. The molecule has 0 heterocycles. The molecule has 0 fully saturated rings. The average Bonchev–Trinajstić information content (AvgIpc) is 3.38. The van der Waals surface area contributed by atoms with Crippen molar-refractivity contribution >= 4 is 17.9 Å². The van der Waals surface area contributed by atoms with Gasteiger partial charge in [0.15, 0.2) is 6.10 Å². The molecule has 0 N–H and O–H groups in total. The lowest BCUT2D eigenvalue weighted by molar-refractivity contribution is -0.167. The summed E-state index contributed by atoms with van der Waals surface area (Å²) in [4.78, 5) is 38.0. The molecule has 0 bridgehead atoms. The van der Waals surface area contributed by atoms with E-state index in [1.54, 1.807) is 0 Å². The van der Waals surface area contributed by atoms with Crippen molar-refractivity contribution in [3.8, 4) is 0 Å². The molecule has 0 aromatic heterocycles. The van der Waals surface area contributed by atoms with E-state index in [0.717, 1.165) is 57.8 Å². The SMILES string of the molecule is CCCCCCCCC/C=C\CCCCCCCCCC(=O)OC(COC(=O)CCCCCCCCC)COC(=O)CCCCCCCCCCCCCCCCCCC/C=C\CCCCCCCCCC. The van der Waals surface area contributed by atoms with Gasteiger partial charge in [-0.15, -0.1) is 0 Å². The molecule has 0 aromatic carbocycles. The Morgan fingerprint density at radius 1 is 0.264 bits per heavy atom. The van der Waals surface area contributed by atoms with E-state index in [-0.39, 0.29) is 31.1 Å². The fourth-order valence-electron chi connectivity index (χ4n) is 9.79. The molecule has 0 amide bonds. The number of esters is 3. The minimum atomic E-state index is -0.768. The zero-order chi connectivity index (χ0) is 52.2. The van der Waals surface area contributed by atoms with Crippen LogP contribution in [0, 0.1) is 0 Å². The Bertz CT molecular complexity index is 1160. The highest BCUT2D eigenvalue weighted by atomic mass is 16.6. The van der Waals surface area contributed by atoms with Crippen LogP contribution in [-0.4, -0.2) is 37.2 Å². The van der Waals surface area contributed by atoms with Crippen molar-refractivity contribution in [3.05, 3.63) is 24.3 Å². The van der Waals surface area contributed by atoms with Crippen LogP contribution in [0.2, 0.25) is 0 Å². The van der Waals surface area contributed by atoms with Gasteiger partial charge < -0.3 is 14.2 Å². The van der Waals surface area contributed by atoms with Crippen molar-refractivity contribution in [3.63, 3.8) is 0 Å². The Morgan fingerprint density at radius 2 is 0.458 bits per heavy atom. The smallest absolute Gasteiger partial charge is 0.306 e. The van der Waals surface area contributed by atoms with E-state index in [0.29, 0.717) is 19.3 Å². The third-order valence-electron chi connectivity index (χ3n) is 14.7. The summed E-state index contributed by atoms with van der Waals surface area (Å²) >= 11 is 0. The number of unbranched alkanes of at least 4 members (excludes halogenated alkanes) is 45. The van der Waals surface area contributed by atoms with Crippen LogP contribution in [0.1, 0.15) is 361 Å². The molecule has 1 atom stereocenters. The van der Waals surface area contributed by atoms with E-state index in [2.05, 4.69) is 45.1 Å². The number of rotatable bonds is 60. The summed E-state index contributed by atoms with van der Waals surface area (Å²) in [6.07, 6.45) is 73.7. The third-order valence-corrected chi connectivity index (χ3v) is 14.7. The normalized spacial score (nSPS) is 12.1. The van der Waals surface area contributed by atoms with Gasteiger partial charge in [0.25, 0.3) is 0 Å². The molecule has 0 saturated carbocycles. The third kappa shape index (κ3) is 58.8. The first-order chi connectivity index (χ1) is 35.5. The Kier molecular flexibility index (Phi) is 59.6. The van der Waals surface area contributed by atoms with E-state index in [1.807, 2.05) is 0 Å². The van der Waals surface area contributed by atoms with Crippen LogP contribution in [0.3, 0.4) is 0 Å². The minimum Gasteiger partial charge on any atom is -0.462 e. The standard InChI is InChI=1S/C66H124O6/c1-4-7-10-13-16-18-20-22-24-26-28-29-30-31-32-33-34-35-36-37-38-40-41-43-45-47-50-53-56-59-65(68)71-62-63(61-70-64(67)58-55-52-49-15-12-9-6-3)72-66(69)60-57-54-51-48-46-44-42-39-27-25-23-21-19-17-14-11-8-5-2/h25-28,63H,4-24,29-62H2,1-3H3/b27-25-,28-26-. The summed E-state index contributed by atoms with van der Waals surface area (Å²) in [5, 5.41) is 0. The fraction of sp³-hybridized carbons (Fsp3) is 0.894. The fourth-order valence-corrected chi connectivity index (χ4v) is 9.79. The van der Waals surface area contributed by atoms with E-state index in [1.165, 1.54) is 263 Å². The monoisotopic (exact) mass is 1010 g/mol. The van der Waals surface area contributed by atoms with Crippen LogP contribution < -0.4 is 0 Å². The first kappa shape index (κ1) is 69.9. The highest BCUT2D eigenvalue weighted by Crippen LogP contribution is 2.18. The van der Waals surface area contributed by atoms with Crippen LogP contribution in [-0.2, 0) is 28.6 Å². The molecule has 0 spiro atoms. The van der Waals surface area contributed by atoms with Gasteiger partial charge in [0.05, 0.1) is 0 Å². The van der Waals surface area contributed by atoms with Crippen molar-refractivity contribution in [2.45, 2.75) is 367 Å². The van der Waals surface area contributed by atoms with Gasteiger partial charge in [-0.1, -0.05) is 295 Å². The number of allylic oxidation sites excluding steroid dienone is 4. The summed E-state index contributed by atoms with van der Waals surface area (Å²) < 4.78 is 16.8. The van der Waals surface area contributed by atoms with Crippen LogP contribution in [0.4, 0.5) is 0 Å². The predicted octanol–water partition coefficient (Wildman–Crippen LogP) is 21.8. The molecule has 0 saturated heterocycles. The Morgan fingerprint density at radius 3 is 0.694 bits per heavy atom. The van der Waals surface area contributed by atoms with Gasteiger partial charge in [0, 0.05) is 19.3 Å². The van der Waals surface area contributed by atoms with Crippen LogP contribution in [0.5, 0.6) is 0 Å². The molecule has 424 valence electrons. The molecule has 0 aliphatic rings. The predicted molar refractivity (Wildman–Crippen MR) is 312 cm³/mol. The number of carbonyl (C=O) groups is 3. The highest BCUT2D eigenvalue weighted by Gasteiger charge is 2.19. The summed E-state index contributed by atoms with van der Waals surface area (Å²) in [6.45, 7) is 6.65. The van der Waals surface area contributed by atoms with Crippen molar-refractivity contribution in [1.82, 2.24) is 0 Å². The Balaban J connectivity index is 4.03.